The van der Waals surface area contributed by atoms with E-state index in [4.69, 9.17) is 10.5 Å². The van der Waals surface area contributed by atoms with Gasteiger partial charge in [-0.3, -0.25) is 0 Å². The lowest BCUT2D eigenvalue weighted by molar-refractivity contribution is 0.420. The van der Waals surface area contributed by atoms with Crippen LogP contribution in [-0.4, -0.2) is 5.11 Å². The second-order valence-electron chi connectivity index (χ2n) is 3.48. The molecule has 0 radical (unpaired) electrons. The average Bonchev–Trinajstić information content (AvgIpc) is 2.29. The molecular weight excluding hydrogens is 190 g/mol. The number of phenolic OH excluding ortho intramolecular Hbond substituents is 1. The van der Waals surface area contributed by atoms with Crippen LogP contribution in [0.15, 0.2) is 36.4 Å². The summed E-state index contributed by atoms with van der Waals surface area (Å²) < 4.78 is 5.32. The topological polar surface area (TPSA) is 55.5 Å². The van der Waals surface area contributed by atoms with Crippen molar-refractivity contribution in [2.45, 2.75) is 0 Å². The van der Waals surface area contributed by atoms with Crippen LogP contribution in [-0.2, 0) is 0 Å². The molecule has 0 unspecified atom stereocenters. The van der Waals surface area contributed by atoms with Crippen LogP contribution in [0.2, 0.25) is 0 Å². The maximum Gasteiger partial charge on any atom is 0.165 e. The van der Waals surface area contributed by atoms with Crippen molar-refractivity contribution in [1.82, 2.24) is 0 Å². The average molecular weight is 199 g/mol. The van der Waals surface area contributed by atoms with Crippen molar-refractivity contribution in [3.8, 4) is 28.4 Å². The molecule has 4 rings (SSSR count). The first-order chi connectivity index (χ1) is 7.27. The SMILES string of the molecule is Nc1c2cc(O)c(-c3ccccc3)c1O2. The zero-order valence-electron chi connectivity index (χ0n) is 7.90. The van der Waals surface area contributed by atoms with Crippen LogP contribution in [0.1, 0.15) is 0 Å². The van der Waals surface area contributed by atoms with Crippen molar-refractivity contribution in [2.75, 3.05) is 5.73 Å². The number of hydrogen-bond donors (Lipinski definition) is 2. The molecule has 0 saturated heterocycles. The molecule has 0 saturated carbocycles. The van der Waals surface area contributed by atoms with Gasteiger partial charge < -0.3 is 15.6 Å². The summed E-state index contributed by atoms with van der Waals surface area (Å²) in [5.41, 5.74) is 7.95. The molecule has 0 atom stereocenters. The Hall–Kier alpha value is -2.16. The lowest BCUT2D eigenvalue weighted by Gasteiger charge is -2.25. The Morgan fingerprint density at radius 1 is 1.13 bits per heavy atom. The summed E-state index contributed by atoms with van der Waals surface area (Å²) in [4.78, 5) is 0. The normalized spacial score (nSPS) is 11.7. The van der Waals surface area contributed by atoms with Gasteiger partial charge in [0.15, 0.2) is 11.5 Å². The molecule has 2 heterocycles. The van der Waals surface area contributed by atoms with E-state index in [1.165, 1.54) is 0 Å². The monoisotopic (exact) mass is 199 g/mol. The molecule has 0 amide bonds. The van der Waals surface area contributed by atoms with Crippen LogP contribution in [0.4, 0.5) is 5.69 Å². The zero-order valence-corrected chi connectivity index (χ0v) is 7.90. The molecule has 15 heavy (non-hydrogen) atoms. The highest BCUT2D eigenvalue weighted by molar-refractivity contribution is 5.90. The van der Waals surface area contributed by atoms with Gasteiger partial charge in [-0.1, -0.05) is 30.3 Å². The van der Waals surface area contributed by atoms with Crippen molar-refractivity contribution in [3.63, 3.8) is 0 Å². The van der Waals surface area contributed by atoms with Crippen molar-refractivity contribution in [2.24, 2.45) is 0 Å². The van der Waals surface area contributed by atoms with Gasteiger partial charge in [0.2, 0.25) is 0 Å². The second-order valence-corrected chi connectivity index (χ2v) is 3.48. The Morgan fingerprint density at radius 2 is 1.87 bits per heavy atom. The van der Waals surface area contributed by atoms with E-state index in [1.807, 2.05) is 30.3 Å². The Balaban J connectivity index is 2.26. The minimum Gasteiger partial charge on any atom is -0.507 e. The van der Waals surface area contributed by atoms with E-state index in [-0.39, 0.29) is 5.75 Å². The zero-order chi connectivity index (χ0) is 10.4. The Bertz CT molecular complexity index is 535. The Morgan fingerprint density at radius 3 is 2.53 bits per heavy atom. The van der Waals surface area contributed by atoms with Gasteiger partial charge in [0.25, 0.3) is 0 Å². The Labute approximate surface area is 86.7 Å². The molecule has 2 aromatic carbocycles. The number of ether oxygens (including phenoxy) is 1. The first kappa shape index (κ1) is 8.17. The van der Waals surface area contributed by atoms with Crippen molar-refractivity contribution >= 4 is 5.69 Å². The fourth-order valence-electron chi connectivity index (χ4n) is 1.77. The van der Waals surface area contributed by atoms with Crippen molar-refractivity contribution in [1.29, 1.82) is 0 Å². The molecule has 0 fully saturated rings. The highest BCUT2D eigenvalue weighted by Gasteiger charge is 2.27. The summed E-state index contributed by atoms with van der Waals surface area (Å²) in [5, 5.41) is 9.77. The summed E-state index contributed by atoms with van der Waals surface area (Å²) in [6, 6.07) is 11.1. The largest absolute Gasteiger partial charge is 0.507 e. The Kier molecular flexibility index (Phi) is 1.45. The van der Waals surface area contributed by atoms with E-state index in [2.05, 4.69) is 0 Å². The number of hydrogen-bond acceptors (Lipinski definition) is 3. The van der Waals surface area contributed by atoms with Gasteiger partial charge in [-0.15, -0.1) is 0 Å². The van der Waals surface area contributed by atoms with Gasteiger partial charge in [0.05, 0.1) is 5.56 Å². The molecule has 0 spiro atoms. The predicted molar refractivity (Wildman–Crippen MR) is 58.0 cm³/mol. The fraction of sp³-hybridized carbons (Fsp3) is 0. The van der Waals surface area contributed by atoms with Gasteiger partial charge in [-0.25, -0.2) is 0 Å². The molecule has 3 nitrogen and oxygen atoms in total. The van der Waals surface area contributed by atoms with E-state index in [0.717, 1.165) is 5.56 Å². The van der Waals surface area contributed by atoms with Gasteiger partial charge in [-0.05, 0) is 5.56 Å². The standard InChI is InChI=1S/C12H9NO2/c13-11-9-6-8(14)10(12(11)15-9)7-4-2-1-3-5-7/h1-6,14H,13H2. The van der Waals surface area contributed by atoms with E-state index >= 15 is 0 Å². The van der Waals surface area contributed by atoms with E-state index in [0.29, 0.717) is 22.7 Å². The number of phenols is 1. The molecule has 3 heteroatoms. The van der Waals surface area contributed by atoms with Gasteiger partial charge in [0.1, 0.15) is 11.4 Å². The lowest BCUT2D eigenvalue weighted by atomic mass is 9.99. The number of benzene rings is 2. The number of anilines is 1. The maximum absolute atomic E-state index is 9.77. The number of rotatable bonds is 1. The van der Waals surface area contributed by atoms with E-state index in [1.54, 1.807) is 6.07 Å². The first-order valence-electron chi connectivity index (χ1n) is 4.66. The van der Waals surface area contributed by atoms with Crippen LogP contribution in [0.5, 0.6) is 17.2 Å². The minimum absolute atomic E-state index is 0.214. The molecule has 2 bridgehead atoms. The van der Waals surface area contributed by atoms with Gasteiger partial charge in [-0.2, -0.15) is 0 Å². The quantitative estimate of drug-likeness (QED) is 0.468. The van der Waals surface area contributed by atoms with Gasteiger partial charge in [0, 0.05) is 6.07 Å². The van der Waals surface area contributed by atoms with E-state index < -0.39 is 0 Å². The number of aromatic hydroxyl groups is 1. The van der Waals surface area contributed by atoms with Gasteiger partial charge >= 0.3 is 0 Å². The number of nitrogen functional groups attached to an aromatic ring is 1. The third-order valence-electron chi connectivity index (χ3n) is 2.54. The summed E-state index contributed by atoms with van der Waals surface area (Å²) >= 11 is 0. The molecule has 3 N–H and O–H groups in total. The number of fused-ring (bicyclic) bond motifs is 2. The summed E-state index contributed by atoms with van der Waals surface area (Å²) in [7, 11) is 0. The first-order valence-corrected chi connectivity index (χ1v) is 4.66. The maximum atomic E-state index is 9.77. The summed E-state index contributed by atoms with van der Waals surface area (Å²) in [6.07, 6.45) is 0. The third-order valence-corrected chi connectivity index (χ3v) is 2.54. The van der Waals surface area contributed by atoms with Crippen LogP contribution in [0.3, 0.4) is 0 Å². The minimum atomic E-state index is 0.214. The smallest absolute Gasteiger partial charge is 0.165 e. The summed E-state index contributed by atoms with van der Waals surface area (Å²) in [6.45, 7) is 0. The van der Waals surface area contributed by atoms with E-state index in [9.17, 15) is 5.11 Å². The fourth-order valence-corrected chi connectivity index (χ4v) is 1.77. The van der Waals surface area contributed by atoms with Crippen LogP contribution >= 0.6 is 0 Å². The highest BCUT2D eigenvalue weighted by atomic mass is 16.5. The number of nitrogens with two attached hydrogens (primary N) is 1. The van der Waals surface area contributed by atoms with Crippen LogP contribution < -0.4 is 10.5 Å². The third kappa shape index (κ3) is 1.00. The molecule has 74 valence electrons. The van der Waals surface area contributed by atoms with Crippen molar-refractivity contribution in [3.05, 3.63) is 36.4 Å². The molecule has 2 aliphatic heterocycles. The van der Waals surface area contributed by atoms with Crippen LogP contribution in [0, 0.1) is 0 Å². The molecule has 2 aromatic rings. The molecule has 0 aromatic heterocycles. The van der Waals surface area contributed by atoms with Crippen molar-refractivity contribution < 1.29 is 9.84 Å². The summed E-state index contributed by atoms with van der Waals surface area (Å²) in [5.74, 6) is 1.35. The second kappa shape index (κ2) is 2.67. The lowest BCUT2D eigenvalue weighted by Crippen LogP contribution is -2.06. The molecule has 2 aliphatic rings. The molecule has 0 aliphatic carbocycles. The highest BCUT2D eigenvalue weighted by Crippen LogP contribution is 2.55. The molecular formula is C12H9NO2. The van der Waals surface area contributed by atoms with Crippen LogP contribution in [0.25, 0.3) is 11.1 Å². The predicted octanol–water partition coefficient (Wildman–Crippen LogP) is 2.75.